The molecule has 2 rings (SSSR count). The fraction of sp³-hybridized carbons (Fsp3) is 0.438. The number of carbonyl (C=O) groups is 4. The lowest BCUT2D eigenvalue weighted by atomic mass is 10.2. The van der Waals surface area contributed by atoms with Gasteiger partial charge < -0.3 is 10.2 Å². The Balaban J connectivity index is 1.48. The number of amides is 3. The lowest BCUT2D eigenvalue weighted by Gasteiger charge is -2.12. The van der Waals surface area contributed by atoms with Crippen LogP contribution in [0, 0.1) is 0 Å². The molecule has 0 saturated carbocycles. The second-order valence-corrected chi connectivity index (χ2v) is 7.53. The van der Waals surface area contributed by atoms with E-state index in [2.05, 4.69) is 10.3 Å². The molecule has 1 aliphatic rings. The lowest BCUT2D eigenvalue weighted by Crippen LogP contribution is -2.31. The van der Waals surface area contributed by atoms with Gasteiger partial charge in [0, 0.05) is 42.8 Å². The lowest BCUT2D eigenvalue weighted by molar-refractivity contribution is -0.197. The highest BCUT2D eigenvalue weighted by Crippen LogP contribution is 2.29. The van der Waals surface area contributed by atoms with Crippen LogP contribution in [0.25, 0.3) is 0 Å². The zero-order valence-electron chi connectivity index (χ0n) is 14.0. The number of pyridine rings is 1. The summed E-state index contributed by atoms with van der Waals surface area (Å²) in [5.74, 6) is -1.56. The van der Waals surface area contributed by atoms with Crippen LogP contribution in [0.4, 0.5) is 4.79 Å². The minimum absolute atomic E-state index is 0.0858. The smallest absolute Gasteiger partial charge is 0.333 e. The highest BCUT2D eigenvalue weighted by atomic mass is 33.1. The molecule has 0 atom stereocenters. The maximum Gasteiger partial charge on any atom is 0.333 e. The molecular formula is C16H19N3O5S2. The molecule has 0 unspecified atom stereocenters. The van der Waals surface area contributed by atoms with Crippen LogP contribution < -0.4 is 5.32 Å². The summed E-state index contributed by atoms with van der Waals surface area (Å²) in [4.78, 5) is 54.8. The van der Waals surface area contributed by atoms with Crippen molar-refractivity contribution < 1.29 is 24.0 Å². The highest BCUT2D eigenvalue weighted by molar-refractivity contribution is 8.82. The second kappa shape index (κ2) is 10.8. The summed E-state index contributed by atoms with van der Waals surface area (Å²) in [6.07, 6.45) is 3.95. The average molecular weight is 397 g/mol. The number of nitrogens with one attached hydrogen (secondary N) is 1. The van der Waals surface area contributed by atoms with E-state index in [1.807, 2.05) is 18.2 Å². The predicted molar refractivity (Wildman–Crippen MR) is 96.7 cm³/mol. The van der Waals surface area contributed by atoms with Crippen molar-refractivity contribution in [3.05, 3.63) is 24.4 Å². The molecule has 1 saturated heterocycles. The Morgan fingerprint density at radius 1 is 1.15 bits per heavy atom. The molecule has 1 aromatic rings. The minimum Gasteiger partial charge on any atom is -0.346 e. The normalized spacial score (nSPS) is 13.8. The molecule has 26 heavy (non-hydrogen) atoms. The van der Waals surface area contributed by atoms with Crippen molar-refractivity contribution in [3.63, 3.8) is 0 Å². The zero-order valence-corrected chi connectivity index (χ0v) is 15.6. The van der Waals surface area contributed by atoms with Crippen molar-refractivity contribution >= 4 is 44.6 Å². The van der Waals surface area contributed by atoms with Crippen LogP contribution in [-0.2, 0) is 19.2 Å². The third-order valence-electron chi connectivity index (χ3n) is 3.37. The van der Waals surface area contributed by atoms with Gasteiger partial charge >= 0.3 is 5.97 Å². The standard InChI is InChI=1S/C16H19N3O5S2/c20-13-8-9-14(21)19(13)24-15(22)7-2-1-4-11-18-16(23)26-25-12-6-3-5-10-17-12/h3,5-6,10H,1-2,4,7-9,11H2,(H,18,23). The fourth-order valence-electron chi connectivity index (χ4n) is 2.07. The molecule has 0 bridgehead atoms. The maximum atomic E-state index is 11.7. The fourth-order valence-corrected chi connectivity index (χ4v) is 3.59. The molecule has 2 heterocycles. The monoisotopic (exact) mass is 397 g/mol. The van der Waals surface area contributed by atoms with Crippen molar-refractivity contribution in [1.29, 1.82) is 0 Å². The molecule has 1 aliphatic heterocycles. The van der Waals surface area contributed by atoms with Gasteiger partial charge in [0.25, 0.3) is 17.1 Å². The van der Waals surface area contributed by atoms with E-state index in [9.17, 15) is 19.2 Å². The zero-order chi connectivity index (χ0) is 18.8. The van der Waals surface area contributed by atoms with E-state index in [0.29, 0.717) is 18.0 Å². The molecule has 0 spiro atoms. The highest BCUT2D eigenvalue weighted by Gasteiger charge is 2.32. The van der Waals surface area contributed by atoms with Gasteiger partial charge in [-0.05, 0) is 35.8 Å². The molecule has 1 fully saturated rings. The van der Waals surface area contributed by atoms with Crippen LogP contribution in [0.15, 0.2) is 29.4 Å². The molecule has 1 N–H and O–H groups in total. The van der Waals surface area contributed by atoms with E-state index in [1.54, 1.807) is 6.20 Å². The van der Waals surface area contributed by atoms with Gasteiger partial charge in [-0.25, -0.2) is 9.78 Å². The predicted octanol–water partition coefficient (Wildman–Crippen LogP) is 2.70. The Kier molecular flexibility index (Phi) is 8.42. The van der Waals surface area contributed by atoms with Gasteiger partial charge in [-0.15, -0.1) is 5.06 Å². The molecule has 10 heteroatoms. The Bertz CT molecular complexity index is 641. The van der Waals surface area contributed by atoms with Gasteiger partial charge in [0.15, 0.2) is 0 Å². The quantitative estimate of drug-likeness (QED) is 0.385. The van der Waals surface area contributed by atoms with Gasteiger partial charge in [-0.1, -0.05) is 12.5 Å². The first-order chi connectivity index (χ1) is 12.6. The number of rotatable bonds is 9. The van der Waals surface area contributed by atoms with E-state index < -0.39 is 17.8 Å². The molecule has 8 nitrogen and oxygen atoms in total. The first-order valence-corrected chi connectivity index (χ1v) is 10.3. The number of carbonyl (C=O) groups excluding carboxylic acids is 4. The van der Waals surface area contributed by atoms with Crippen molar-refractivity contribution in [2.75, 3.05) is 6.54 Å². The van der Waals surface area contributed by atoms with Gasteiger partial charge in [-0.2, -0.15) is 0 Å². The Morgan fingerprint density at radius 2 is 1.92 bits per heavy atom. The number of imide groups is 1. The summed E-state index contributed by atoms with van der Waals surface area (Å²) in [6.45, 7) is 0.507. The molecule has 1 aromatic heterocycles. The van der Waals surface area contributed by atoms with Crippen molar-refractivity contribution in [3.8, 4) is 0 Å². The Morgan fingerprint density at radius 3 is 2.62 bits per heavy atom. The van der Waals surface area contributed by atoms with E-state index in [1.165, 1.54) is 10.8 Å². The van der Waals surface area contributed by atoms with Crippen LogP contribution in [0.3, 0.4) is 0 Å². The Labute approximate surface area is 158 Å². The number of hydrogen-bond acceptors (Lipinski definition) is 8. The molecule has 0 aliphatic carbocycles. The largest absolute Gasteiger partial charge is 0.346 e. The Hall–Kier alpha value is -2.07. The van der Waals surface area contributed by atoms with Gasteiger partial charge in [0.05, 0.1) is 0 Å². The molecule has 140 valence electrons. The summed E-state index contributed by atoms with van der Waals surface area (Å²) >= 11 is 0. The summed E-state index contributed by atoms with van der Waals surface area (Å²) in [5.41, 5.74) is 0. The van der Waals surface area contributed by atoms with Crippen molar-refractivity contribution in [1.82, 2.24) is 15.4 Å². The van der Waals surface area contributed by atoms with E-state index in [-0.39, 0.29) is 24.5 Å². The third kappa shape index (κ3) is 7.04. The number of hydroxylamine groups is 2. The summed E-state index contributed by atoms with van der Waals surface area (Å²) in [6, 6.07) is 5.49. The van der Waals surface area contributed by atoms with Crippen LogP contribution in [-0.4, -0.2) is 39.6 Å². The van der Waals surface area contributed by atoms with Crippen LogP contribution in [0.1, 0.15) is 38.5 Å². The van der Waals surface area contributed by atoms with E-state index in [0.717, 1.165) is 28.7 Å². The molecule has 3 amide bonds. The second-order valence-electron chi connectivity index (χ2n) is 5.40. The maximum absolute atomic E-state index is 11.7. The van der Waals surface area contributed by atoms with E-state index >= 15 is 0 Å². The van der Waals surface area contributed by atoms with E-state index in [4.69, 9.17) is 4.84 Å². The summed E-state index contributed by atoms with van der Waals surface area (Å²) in [7, 11) is 2.37. The van der Waals surface area contributed by atoms with Crippen molar-refractivity contribution in [2.24, 2.45) is 0 Å². The third-order valence-corrected chi connectivity index (χ3v) is 5.37. The summed E-state index contributed by atoms with van der Waals surface area (Å²) in [5, 5.41) is 3.95. The van der Waals surface area contributed by atoms with Gasteiger partial charge in [-0.3, -0.25) is 14.4 Å². The SMILES string of the molecule is O=C(CCCCCNC(=O)SSc1ccccn1)ON1C(=O)CCC1=O. The molecular weight excluding hydrogens is 378 g/mol. The number of aromatic nitrogens is 1. The van der Waals surface area contributed by atoms with Crippen LogP contribution in [0.5, 0.6) is 0 Å². The van der Waals surface area contributed by atoms with Gasteiger partial charge in [0.1, 0.15) is 5.03 Å². The molecule has 0 radical (unpaired) electrons. The number of unbranched alkanes of at least 4 members (excludes halogenated alkanes) is 2. The average Bonchev–Trinajstić information content (AvgIpc) is 2.95. The number of nitrogens with zero attached hydrogens (tertiary/aromatic N) is 2. The summed E-state index contributed by atoms with van der Waals surface area (Å²) < 4.78 is 0. The molecule has 0 aromatic carbocycles. The van der Waals surface area contributed by atoms with Crippen LogP contribution in [0.2, 0.25) is 0 Å². The number of hydrogen-bond donors (Lipinski definition) is 1. The topological polar surface area (TPSA) is 106 Å². The van der Waals surface area contributed by atoms with Crippen LogP contribution >= 0.6 is 21.6 Å². The first kappa shape index (κ1) is 20.2. The van der Waals surface area contributed by atoms with Crippen molar-refractivity contribution in [2.45, 2.75) is 43.6 Å². The minimum atomic E-state index is -0.597. The van der Waals surface area contributed by atoms with Gasteiger partial charge in [0.2, 0.25) is 0 Å². The first-order valence-electron chi connectivity index (χ1n) is 8.16.